The maximum atomic E-state index is 14.5. The lowest BCUT2D eigenvalue weighted by Gasteiger charge is -2.43. The van der Waals surface area contributed by atoms with Crippen molar-refractivity contribution < 1.29 is 27.8 Å². The fourth-order valence-corrected chi connectivity index (χ4v) is 4.77. The molecule has 2 aromatic rings. The summed E-state index contributed by atoms with van der Waals surface area (Å²) in [6, 6.07) is 9.49. The number of fused-ring (bicyclic) bond motifs is 1. The van der Waals surface area contributed by atoms with Gasteiger partial charge in [-0.2, -0.15) is 0 Å². The van der Waals surface area contributed by atoms with E-state index in [2.05, 4.69) is 5.32 Å². The fraction of sp³-hybridized carbons (Fsp3) is 0.235. The second-order valence-electron chi connectivity index (χ2n) is 5.91. The van der Waals surface area contributed by atoms with Crippen molar-refractivity contribution in [3.8, 4) is 0 Å². The quantitative estimate of drug-likeness (QED) is 0.532. The summed E-state index contributed by atoms with van der Waals surface area (Å²) in [6.07, 6.45) is -0.322. The number of carbonyl (C=O) groups is 1. The first kappa shape index (κ1) is 19.2. The van der Waals surface area contributed by atoms with Crippen molar-refractivity contribution in [2.24, 2.45) is 0 Å². The number of halogens is 2. The monoisotopic (exact) mass is 399 g/mol. The van der Waals surface area contributed by atoms with Crippen LogP contribution >= 0.6 is 11.0 Å². The molecular weight excluding hydrogens is 380 g/mol. The summed E-state index contributed by atoms with van der Waals surface area (Å²) >= 11 is 0. The molecule has 0 unspecified atom stereocenters. The van der Waals surface area contributed by atoms with Crippen LogP contribution in [-0.2, 0) is 0 Å². The first-order valence-electron chi connectivity index (χ1n) is 8.19. The van der Waals surface area contributed by atoms with E-state index in [1.165, 1.54) is 36.4 Å². The summed E-state index contributed by atoms with van der Waals surface area (Å²) in [5.74, 6) is -1.19. The third kappa shape index (κ3) is 3.77. The van der Waals surface area contributed by atoms with Crippen LogP contribution in [0.1, 0.15) is 12.8 Å². The minimum atomic E-state index is -3.66. The molecular formula is C17H19F2N3O4S. The number of benzene rings is 2. The average Bonchev–Trinajstić information content (AvgIpc) is 2.82. The number of amides is 1. The minimum absolute atomic E-state index is 0.0213. The van der Waals surface area contributed by atoms with Gasteiger partial charge in [0.05, 0.1) is 11.4 Å². The Bertz CT molecular complexity index is 853. The van der Waals surface area contributed by atoms with Gasteiger partial charge in [-0.3, -0.25) is 9.11 Å². The molecule has 27 heavy (non-hydrogen) atoms. The van der Waals surface area contributed by atoms with Crippen LogP contribution in [0.25, 0.3) is 0 Å². The molecule has 0 aliphatic carbocycles. The van der Waals surface area contributed by atoms with Crippen molar-refractivity contribution in [1.29, 1.82) is 0 Å². The maximum absolute atomic E-state index is 14.5. The van der Waals surface area contributed by atoms with Crippen molar-refractivity contribution in [1.82, 2.24) is 5.32 Å². The molecule has 0 saturated carbocycles. The zero-order chi connectivity index (χ0) is 19.6. The van der Waals surface area contributed by atoms with Gasteiger partial charge in [-0.25, -0.2) is 22.2 Å². The smallest absolute Gasteiger partial charge is 0.404 e. The Morgan fingerprint density at radius 3 is 2.56 bits per heavy atom. The number of unbranched alkanes of at least 4 members (excludes halogenated alkanes) is 1. The van der Waals surface area contributed by atoms with E-state index in [4.69, 9.17) is 5.11 Å². The topological polar surface area (TPSA) is 96.3 Å². The molecule has 0 radical (unpaired) electrons. The van der Waals surface area contributed by atoms with Crippen LogP contribution in [0, 0.1) is 11.6 Å². The van der Waals surface area contributed by atoms with E-state index in [0.29, 0.717) is 12.8 Å². The van der Waals surface area contributed by atoms with Crippen molar-refractivity contribution in [2.45, 2.75) is 12.8 Å². The number of nitrogens with one attached hydrogen (secondary N) is 1. The summed E-state index contributed by atoms with van der Waals surface area (Å²) in [6.45, 7) is 0.281. The Kier molecular flexibility index (Phi) is 5.40. The van der Waals surface area contributed by atoms with Gasteiger partial charge in [-0.15, -0.1) is 0 Å². The number of carboxylic acid groups (broad SMARTS) is 1. The summed E-state index contributed by atoms with van der Waals surface area (Å²) in [4.78, 5) is 10.5. The largest absolute Gasteiger partial charge is 0.465 e. The number of hydrogen-bond acceptors (Lipinski definition) is 5. The second-order valence-corrected chi connectivity index (χ2v) is 7.70. The van der Waals surface area contributed by atoms with Gasteiger partial charge in [0.2, 0.25) is 0 Å². The van der Waals surface area contributed by atoms with Crippen LogP contribution in [0.5, 0.6) is 0 Å². The van der Waals surface area contributed by atoms with E-state index < -0.39 is 28.7 Å². The molecule has 146 valence electrons. The van der Waals surface area contributed by atoms with Gasteiger partial charge in [0, 0.05) is 13.1 Å². The molecule has 0 fully saturated rings. The second kappa shape index (κ2) is 7.59. The predicted octanol–water partition coefficient (Wildman–Crippen LogP) is 4.55. The molecule has 1 aliphatic heterocycles. The Hall–Kier alpha value is -2.56. The Balaban J connectivity index is 1.90. The first-order valence-corrected chi connectivity index (χ1v) is 9.65. The van der Waals surface area contributed by atoms with Crippen LogP contribution in [0.3, 0.4) is 0 Å². The summed E-state index contributed by atoms with van der Waals surface area (Å²) < 4.78 is 52.1. The van der Waals surface area contributed by atoms with E-state index in [0.717, 1.165) is 14.7 Å². The summed E-state index contributed by atoms with van der Waals surface area (Å²) in [5.41, 5.74) is 0.439. The molecule has 1 aliphatic rings. The number of nitrogens with zero attached hydrogens (tertiary/aromatic N) is 2. The van der Waals surface area contributed by atoms with E-state index in [-0.39, 0.29) is 30.2 Å². The third-order valence-corrected chi connectivity index (χ3v) is 5.94. The van der Waals surface area contributed by atoms with E-state index in [1.807, 2.05) is 0 Å². The van der Waals surface area contributed by atoms with Crippen molar-refractivity contribution >= 4 is 34.1 Å². The summed E-state index contributed by atoms with van der Waals surface area (Å²) in [5, 5.41) is 10.8. The van der Waals surface area contributed by atoms with Gasteiger partial charge in [-0.05, 0) is 54.1 Å². The first-order chi connectivity index (χ1) is 12.8. The van der Waals surface area contributed by atoms with Crippen LogP contribution in [0.4, 0.5) is 30.6 Å². The Labute approximate surface area is 156 Å². The summed E-state index contributed by atoms with van der Waals surface area (Å²) in [7, 11) is -3.66. The number of para-hydroxylation sites is 1. The molecule has 10 heteroatoms. The normalized spacial score (nSPS) is 16.1. The van der Waals surface area contributed by atoms with E-state index in [9.17, 15) is 22.7 Å². The molecule has 0 aromatic heterocycles. The molecule has 0 atom stereocenters. The fourth-order valence-electron chi connectivity index (χ4n) is 2.96. The van der Waals surface area contributed by atoms with Crippen LogP contribution in [0.2, 0.25) is 0 Å². The Morgan fingerprint density at radius 1 is 1.11 bits per heavy atom. The van der Waals surface area contributed by atoms with Gasteiger partial charge in [0.1, 0.15) is 17.3 Å². The molecule has 7 nitrogen and oxygen atoms in total. The lowest BCUT2D eigenvalue weighted by molar-refractivity contribution is 0.194. The zero-order valence-electron chi connectivity index (χ0n) is 14.2. The van der Waals surface area contributed by atoms with Crippen LogP contribution < -0.4 is 13.9 Å². The number of hydrogen-bond donors (Lipinski definition) is 4. The Morgan fingerprint density at radius 2 is 1.85 bits per heavy atom. The van der Waals surface area contributed by atoms with Crippen LogP contribution in [0.15, 0.2) is 42.5 Å². The molecule has 1 amide bonds. The van der Waals surface area contributed by atoms with E-state index in [1.54, 1.807) is 0 Å². The molecule has 0 saturated heterocycles. The van der Waals surface area contributed by atoms with Gasteiger partial charge in [-0.1, -0.05) is 12.1 Å². The van der Waals surface area contributed by atoms with Crippen molar-refractivity contribution in [2.75, 3.05) is 21.7 Å². The van der Waals surface area contributed by atoms with Gasteiger partial charge in [0.15, 0.2) is 0 Å². The van der Waals surface area contributed by atoms with Gasteiger partial charge < -0.3 is 10.4 Å². The molecule has 3 rings (SSSR count). The molecule has 4 N–H and O–H groups in total. The maximum Gasteiger partial charge on any atom is 0.404 e. The van der Waals surface area contributed by atoms with E-state index >= 15 is 0 Å². The lowest BCUT2D eigenvalue weighted by atomic mass is 10.2. The van der Waals surface area contributed by atoms with Crippen molar-refractivity contribution in [3.05, 3.63) is 54.1 Å². The van der Waals surface area contributed by atoms with Crippen molar-refractivity contribution in [3.63, 3.8) is 0 Å². The third-order valence-electron chi connectivity index (χ3n) is 4.08. The predicted molar refractivity (Wildman–Crippen MR) is 100 cm³/mol. The minimum Gasteiger partial charge on any atom is -0.465 e. The highest BCUT2D eigenvalue weighted by atomic mass is 32.3. The number of anilines is 3. The van der Waals surface area contributed by atoms with Crippen LogP contribution in [-0.4, -0.2) is 33.4 Å². The highest BCUT2D eigenvalue weighted by Crippen LogP contribution is 2.64. The SMILES string of the molecule is O=C(O)NCCCCN1c2c(F)cccc2N(c2cccc(F)c2)S1(O)O. The molecule has 2 aromatic carbocycles. The zero-order valence-corrected chi connectivity index (χ0v) is 15.0. The standard InChI is InChI=1S/C17H19F2N3O4S/c18-12-5-3-6-13(11-12)22-15-8-4-7-14(19)16(15)21(27(22,25)26)10-2-1-9-20-17(23)24/h3-8,11,20,25-26H,1-2,9-10H2,(H,23,24). The molecule has 0 spiro atoms. The van der Waals surface area contributed by atoms with Gasteiger partial charge in [0.25, 0.3) is 0 Å². The molecule has 1 heterocycles. The lowest BCUT2D eigenvalue weighted by Crippen LogP contribution is -2.32. The average molecular weight is 399 g/mol. The molecule has 0 bridgehead atoms. The highest BCUT2D eigenvalue weighted by molar-refractivity contribution is 8.27. The number of rotatable bonds is 6. The van der Waals surface area contributed by atoms with Gasteiger partial charge >= 0.3 is 6.09 Å². The highest BCUT2D eigenvalue weighted by Gasteiger charge is 2.43.